The molecular weight excluding hydrogens is 422 g/mol. The lowest BCUT2D eigenvalue weighted by molar-refractivity contribution is -0.136. The van der Waals surface area contributed by atoms with Crippen LogP contribution >= 0.6 is 11.3 Å². The van der Waals surface area contributed by atoms with E-state index >= 15 is 0 Å². The maximum atomic E-state index is 12.4. The van der Waals surface area contributed by atoms with Crippen molar-refractivity contribution in [2.75, 3.05) is 44.2 Å². The molecule has 7 nitrogen and oxygen atoms in total. The number of nitrogens with zero attached hydrogens (tertiary/aromatic N) is 5. The lowest BCUT2D eigenvalue weighted by Gasteiger charge is -2.37. The van der Waals surface area contributed by atoms with Gasteiger partial charge in [-0.1, -0.05) is 25.8 Å². The summed E-state index contributed by atoms with van der Waals surface area (Å²) in [6, 6.07) is 6.04. The van der Waals surface area contributed by atoms with E-state index in [-0.39, 0.29) is 5.91 Å². The Balaban J connectivity index is 1.25. The minimum absolute atomic E-state index is 0.226. The molecule has 2 aromatic heterocycles. The van der Waals surface area contributed by atoms with Crippen LogP contribution in [-0.2, 0) is 16.9 Å². The first kappa shape index (κ1) is 23.1. The Hall–Kier alpha value is -2.03. The smallest absolute Gasteiger partial charge is 0.222 e. The van der Waals surface area contributed by atoms with Gasteiger partial charge in [-0.3, -0.25) is 9.69 Å². The number of pyridine rings is 1. The molecule has 1 N–H and O–H groups in total. The van der Waals surface area contributed by atoms with Crippen molar-refractivity contribution in [2.24, 2.45) is 0 Å². The molecule has 2 aromatic rings. The van der Waals surface area contributed by atoms with Crippen LogP contribution in [-0.4, -0.2) is 70.1 Å². The third-order valence-electron chi connectivity index (χ3n) is 6.67. The third-order valence-corrected chi connectivity index (χ3v) is 7.50. The van der Waals surface area contributed by atoms with Crippen LogP contribution in [0.2, 0.25) is 0 Å². The number of carbonyl (C=O) groups is 1. The number of piperazine rings is 1. The van der Waals surface area contributed by atoms with Crippen molar-refractivity contribution in [3.05, 3.63) is 40.5 Å². The van der Waals surface area contributed by atoms with E-state index in [1.54, 1.807) is 11.3 Å². The van der Waals surface area contributed by atoms with Gasteiger partial charge >= 0.3 is 0 Å². The molecule has 0 aliphatic carbocycles. The van der Waals surface area contributed by atoms with Gasteiger partial charge in [0.05, 0.1) is 12.2 Å². The number of hydrogen-bond acceptors (Lipinski definition) is 7. The SMILES string of the molecule is CCCCCC(=O)N1CCC(O)(c2csc(CN3CCN(c4ccccn4)CC3)n2)CC1. The summed E-state index contributed by atoms with van der Waals surface area (Å²) in [5.74, 6) is 1.27. The number of unbranched alkanes of at least 4 members (excludes halogenated alkanes) is 2. The normalized spacial score (nSPS) is 19.3. The number of aromatic nitrogens is 2. The van der Waals surface area contributed by atoms with Crippen LogP contribution in [0.3, 0.4) is 0 Å². The van der Waals surface area contributed by atoms with Gasteiger partial charge in [0.2, 0.25) is 5.91 Å². The van der Waals surface area contributed by atoms with Crippen molar-refractivity contribution in [3.63, 3.8) is 0 Å². The van der Waals surface area contributed by atoms with Crippen LogP contribution in [0.4, 0.5) is 5.82 Å². The predicted octanol–water partition coefficient (Wildman–Crippen LogP) is 3.25. The summed E-state index contributed by atoms with van der Waals surface area (Å²) >= 11 is 1.63. The number of anilines is 1. The van der Waals surface area contributed by atoms with Crippen molar-refractivity contribution in [3.8, 4) is 0 Å². The Labute approximate surface area is 195 Å². The largest absolute Gasteiger partial charge is 0.383 e. The Kier molecular flexibility index (Phi) is 7.75. The summed E-state index contributed by atoms with van der Waals surface area (Å²) in [7, 11) is 0. The van der Waals surface area contributed by atoms with Crippen molar-refractivity contribution < 1.29 is 9.90 Å². The number of thiazole rings is 1. The topological polar surface area (TPSA) is 72.8 Å². The molecule has 2 saturated heterocycles. The maximum Gasteiger partial charge on any atom is 0.222 e. The first-order chi connectivity index (χ1) is 15.6. The quantitative estimate of drug-likeness (QED) is 0.614. The number of carbonyl (C=O) groups excluding carboxylic acids is 1. The van der Waals surface area contributed by atoms with Crippen molar-refractivity contribution >= 4 is 23.1 Å². The molecule has 0 bridgehead atoms. The molecule has 0 spiro atoms. The van der Waals surface area contributed by atoms with Crippen LogP contribution in [0.15, 0.2) is 29.8 Å². The molecule has 2 fully saturated rings. The Bertz CT molecular complexity index is 858. The van der Waals surface area contributed by atoms with Gasteiger partial charge in [0.1, 0.15) is 16.4 Å². The standard InChI is InChI=1S/C24H35N5O2S/c1-2-3-4-8-23(30)29-12-9-24(31,10-13-29)20-19-32-22(26-20)18-27-14-16-28(17-15-27)21-7-5-6-11-25-21/h5-7,11,19,31H,2-4,8-10,12-18H2,1H3. The van der Waals surface area contributed by atoms with E-state index in [4.69, 9.17) is 4.98 Å². The number of likely N-dealkylation sites (tertiary alicyclic amines) is 1. The summed E-state index contributed by atoms with van der Waals surface area (Å²) < 4.78 is 0. The maximum absolute atomic E-state index is 12.4. The molecule has 0 aromatic carbocycles. The number of amides is 1. The number of rotatable bonds is 8. The molecule has 2 aliphatic rings. The fraction of sp³-hybridized carbons (Fsp3) is 0.625. The lowest BCUT2D eigenvalue weighted by atomic mass is 9.88. The van der Waals surface area contributed by atoms with Crippen LogP contribution < -0.4 is 4.90 Å². The first-order valence-corrected chi connectivity index (χ1v) is 12.8. The van der Waals surface area contributed by atoms with E-state index in [0.29, 0.717) is 32.4 Å². The monoisotopic (exact) mass is 457 g/mol. The summed E-state index contributed by atoms with van der Waals surface area (Å²) in [6.45, 7) is 8.07. The van der Waals surface area contributed by atoms with Gasteiger partial charge < -0.3 is 14.9 Å². The molecular formula is C24H35N5O2S. The minimum atomic E-state index is -0.910. The Morgan fingerprint density at radius 1 is 1.12 bits per heavy atom. The number of piperidine rings is 1. The summed E-state index contributed by atoms with van der Waals surface area (Å²) in [5.41, 5.74) is -0.130. The van der Waals surface area contributed by atoms with Gasteiger partial charge in [0, 0.05) is 57.3 Å². The lowest BCUT2D eigenvalue weighted by Crippen LogP contribution is -2.46. The molecule has 0 saturated carbocycles. The second-order valence-electron chi connectivity index (χ2n) is 8.95. The molecule has 4 rings (SSSR count). The average Bonchev–Trinajstić information content (AvgIpc) is 3.30. The molecule has 4 heterocycles. The van der Waals surface area contributed by atoms with E-state index < -0.39 is 5.60 Å². The highest BCUT2D eigenvalue weighted by molar-refractivity contribution is 7.09. The number of aliphatic hydroxyl groups is 1. The van der Waals surface area contributed by atoms with Gasteiger partial charge in [-0.25, -0.2) is 9.97 Å². The second kappa shape index (κ2) is 10.7. The predicted molar refractivity (Wildman–Crippen MR) is 128 cm³/mol. The second-order valence-corrected chi connectivity index (χ2v) is 9.89. The van der Waals surface area contributed by atoms with E-state index in [9.17, 15) is 9.90 Å². The molecule has 2 aliphatic heterocycles. The van der Waals surface area contributed by atoms with E-state index in [1.165, 1.54) is 0 Å². The summed E-state index contributed by atoms with van der Waals surface area (Å²) in [5, 5.41) is 14.3. The van der Waals surface area contributed by atoms with Crippen LogP contribution in [0.1, 0.15) is 56.2 Å². The summed E-state index contributed by atoms with van der Waals surface area (Å²) in [4.78, 5) is 28.3. The highest BCUT2D eigenvalue weighted by Crippen LogP contribution is 2.34. The van der Waals surface area contributed by atoms with Gasteiger partial charge in [-0.15, -0.1) is 11.3 Å². The molecule has 8 heteroatoms. The number of hydrogen-bond donors (Lipinski definition) is 1. The van der Waals surface area contributed by atoms with Crippen LogP contribution in [0.25, 0.3) is 0 Å². The van der Waals surface area contributed by atoms with Crippen LogP contribution in [0.5, 0.6) is 0 Å². The van der Waals surface area contributed by atoms with Gasteiger partial charge in [0.15, 0.2) is 0 Å². The zero-order valence-electron chi connectivity index (χ0n) is 19.1. The van der Waals surface area contributed by atoms with Crippen molar-refractivity contribution in [2.45, 2.75) is 57.6 Å². The summed E-state index contributed by atoms with van der Waals surface area (Å²) in [6.07, 6.45) is 6.79. The Morgan fingerprint density at radius 3 is 2.59 bits per heavy atom. The van der Waals surface area contributed by atoms with E-state index in [0.717, 1.165) is 68.5 Å². The fourth-order valence-corrected chi connectivity index (χ4v) is 5.46. The first-order valence-electron chi connectivity index (χ1n) is 11.9. The van der Waals surface area contributed by atoms with Gasteiger partial charge in [-0.05, 0) is 31.4 Å². The van der Waals surface area contributed by atoms with E-state index in [1.807, 2.05) is 28.6 Å². The van der Waals surface area contributed by atoms with E-state index in [2.05, 4.69) is 27.8 Å². The van der Waals surface area contributed by atoms with Crippen LogP contribution in [0, 0.1) is 0 Å². The highest BCUT2D eigenvalue weighted by atomic mass is 32.1. The molecule has 0 atom stereocenters. The highest BCUT2D eigenvalue weighted by Gasteiger charge is 2.37. The zero-order chi connectivity index (χ0) is 22.4. The molecule has 0 radical (unpaired) electrons. The molecule has 174 valence electrons. The zero-order valence-corrected chi connectivity index (χ0v) is 19.9. The van der Waals surface area contributed by atoms with Crippen molar-refractivity contribution in [1.29, 1.82) is 0 Å². The average molecular weight is 458 g/mol. The molecule has 1 amide bonds. The minimum Gasteiger partial charge on any atom is -0.383 e. The molecule has 32 heavy (non-hydrogen) atoms. The third kappa shape index (κ3) is 5.66. The van der Waals surface area contributed by atoms with Gasteiger partial charge in [0.25, 0.3) is 0 Å². The fourth-order valence-electron chi connectivity index (χ4n) is 4.53. The Morgan fingerprint density at radius 2 is 1.91 bits per heavy atom. The van der Waals surface area contributed by atoms with Crippen molar-refractivity contribution in [1.82, 2.24) is 19.8 Å². The molecule has 0 unspecified atom stereocenters. The van der Waals surface area contributed by atoms with Gasteiger partial charge in [-0.2, -0.15) is 0 Å².